The minimum Gasteiger partial charge on any atom is -0.479 e. The van der Waals surface area contributed by atoms with E-state index in [4.69, 9.17) is 10.00 Å². The van der Waals surface area contributed by atoms with Gasteiger partial charge in [0.05, 0.1) is 12.5 Å². The van der Waals surface area contributed by atoms with E-state index in [1.54, 1.807) is 24.3 Å². The van der Waals surface area contributed by atoms with E-state index in [1.165, 1.54) is 0 Å². The summed E-state index contributed by atoms with van der Waals surface area (Å²) >= 11 is 0. The summed E-state index contributed by atoms with van der Waals surface area (Å²) < 4.78 is 5.17. The first kappa shape index (κ1) is 19.0. The van der Waals surface area contributed by atoms with E-state index in [1.807, 2.05) is 33.8 Å². The predicted molar refractivity (Wildman–Crippen MR) is 88.9 cm³/mol. The molecule has 1 atom stereocenters. The number of nitrogens with one attached hydrogen (secondary N) is 1. The molecule has 1 unspecified atom stereocenters. The van der Waals surface area contributed by atoms with Crippen molar-refractivity contribution in [1.29, 1.82) is 5.26 Å². The molecule has 1 aromatic rings. The van der Waals surface area contributed by atoms with Gasteiger partial charge in [-0.2, -0.15) is 5.26 Å². The van der Waals surface area contributed by atoms with Crippen molar-refractivity contribution in [1.82, 2.24) is 5.32 Å². The molecule has 5 heteroatoms. The van der Waals surface area contributed by atoms with Crippen LogP contribution in [0.5, 0.6) is 5.75 Å². The first-order valence-corrected chi connectivity index (χ1v) is 7.79. The van der Waals surface area contributed by atoms with Gasteiger partial charge in [0, 0.05) is 12.0 Å². The van der Waals surface area contributed by atoms with E-state index in [0.29, 0.717) is 12.3 Å². The molecule has 0 saturated carbocycles. The largest absolute Gasteiger partial charge is 0.479 e. The number of carbonyl (C=O) groups is 1. The molecule has 1 rings (SSSR count). The minimum absolute atomic E-state index is 0.00704. The number of aliphatic hydroxyl groups is 1. The Labute approximate surface area is 138 Å². The fourth-order valence-electron chi connectivity index (χ4n) is 2.40. The van der Waals surface area contributed by atoms with Gasteiger partial charge >= 0.3 is 0 Å². The van der Waals surface area contributed by atoms with Gasteiger partial charge in [-0.05, 0) is 23.6 Å². The molecular formula is C18H26N2O3. The molecule has 0 radical (unpaired) electrons. The molecule has 5 nitrogen and oxygen atoms in total. The molecule has 1 aromatic carbocycles. The molecule has 0 bridgehead atoms. The molecule has 0 saturated heterocycles. The molecule has 0 aliphatic carbocycles. The second-order valence-electron chi connectivity index (χ2n) is 6.72. The third kappa shape index (κ3) is 6.29. The number of benzene rings is 1. The Morgan fingerprint density at radius 1 is 1.35 bits per heavy atom. The van der Waals surface area contributed by atoms with Crippen LogP contribution in [-0.4, -0.2) is 30.3 Å². The lowest BCUT2D eigenvalue weighted by molar-refractivity contribution is -0.121. The van der Waals surface area contributed by atoms with E-state index < -0.39 is 6.10 Å². The number of rotatable bonds is 8. The molecule has 0 spiro atoms. The third-order valence-electron chi connectivity index (χ3n) is 3.76. The van der Waals surface area contributed by atoms with Gasteiger partial charge in [-0.15, -0.1) is 0 Å². The van der Waals surface area contributed by atoms with Gasteiger partial charge in [0.1, 0.15) is 11.8 Å². The van der Waals surface area contributed by atoms with Crippen LogP contribution >= 0.6 is 0 Å². The van der Waals surface area contributed by atoms with Crippen molar-refractivity contribution in [3.05, 3.63) is 29.8 Å². The van der Waals surface area contributed by atoms with E-state index in [2.05, 4.69) is 5.32 Å². The van der Waals surface area contributed by atoms with E-state index >= 15 is 0 Å². The maximum atomic E-state index is 12.0. The second-order valence-corrected chi connectivity index (χ2v) is 6.72. The monoisotopic (exact) mass is 318 g/mol. The molecule has 2 N–H and O–H groups in total. The lowest BCUT2D eigenvalue weighted by atomic mass is 9.80. The molecule has 0 aromatic heterocycles. The summed E-state index contributed by atoms with van der Waals surface area (Å²) in [6.07, 6.45) is -0.203. The highest BCUT2D eigenvalue weighted by Crippen LogP contribution is 2.25. The topological polar surface area (TPSA) is 82.3 Å². The summed E-state index contributed by atoms with van der Waals surface area (Å²) in [4.78, 5) is 12.0. The number of aliphatic hydroxyl groups excluding tert-OH is 1. The van der Waals surface area contributed by atoms with Crippen LogP contribution in [0.4, 0.5) is 0 Å². The van der Waals surface area contributed by atoms with Crippen LogP contribution in [-0.2, 0) is 11.2 Å². The van der Waals surface area contributed by atoms with Crippen LogP contribution in [0.1, 0.15) is 33.3 Å². The zero-order valence-electron chi connectivity index (χ0n) is 14.3. The molecule has 0 aliphatic heterocycles. The molecule has 126 valence electrons. The number of nitrogens with zero attached hydrogens (tertiary/aromatic N) is 1. The summed E-state index contributed by atoms with van der Waals surface area (Å²) in [7, 11) is 0. The van der Waals surface area contributed by atoms with Crippen LogP contribution in [0.15, 0.2) is 24.3 Å². The average Bonchev–Trinajstić information content (AvgIpc) is 2.51. The standard InChI is InChI=1S/C18H26N2O3/c1-13(2)17(22)18(3,4)12-20-16(21)11-14-5-7-15(8-6-14)23-10-9-19/h5-8,13,17,22H,10-12H2,1-4H3,(H,20,21). The van der Waals surface area contributed by atoms with Crippen molar-refractivity contribution >= 4 is 5.91 Å². The van der Waals surface area contributed by atoms with Gasteiger partial charge in [0.15, 0.2) is 6.61 Å². The quantitative estimate of drug-likeness (QED) is 0.770. The molecule has 0 fully saturated rings. The lowest BCUT2D eigenvalue weighted by Crippen LogP contribution is -2.43. The highest BCUT2D eigenvalue weighted by Gasteiger charge is 2.30. The Morgan fingerprint density at radius 2 is 1.96 bits per heavy atom. The van der Waals surface area contributed by atoms with Crippen LogP contribution < -0.4 is 10.1 Å². The maximum Gasteiger partial charge on any atom is 0.224 e. The average molecular weight is 318 g/mol. The molecular weight excluding hydrogens is 292 g/mol. The molecule has 1 amide bonds. The smallest absolute Gasteiger partial charge is 0.224 e. The van der Waals surface area contributed by atoms with Crippen LogP contribution in [0, 0.1) is 22.7 Å². The van der Waals surface area contributed by atoms with Crippen molar-refractivity contribution in [2.75, 3.05) is 13.2 Å². The number of nitriles is 1. The predicted octanol–water partition coefficient (Wildman–Crippen LogP) is 2.29. The first-order valence-electron chi connectivity index (χ1n) is 7.79. The van der Waals surface area contributed by atoms with Crippen LogP contribution in [0.25, 0.3) is 0 Å². The van der Waals surface area contributed by atoms with Gasteiger partial charge in [-0.1, -0.05) is 39.8 Å². The number of amides is 1. The maximum absolute atomic E-state index is 12.0. The normalized spacial score (nSPS) is 12.6. The van der Waals surface area contributed by atoms with Crippen molar-refractivity contribution in [3.8, 4) is 11.8 Å². The summed E-state index contributed by atoms with van der Waals surface area (Å²) in [6.45, 7) is 8.24. The van der Waals surface area contributed by atoms with Gasteiger partial charge in [0.2, 0.25) is 5.91 Å². The zero-order chi connectivity index (χ0) is 17.5. The Bertz CT molecular complexity index is 544. The van der Waals surface area contributed by atoms with E-state index in [9.17, 15) is 9.90 Å². The molecule has 0 heterocycles. The Kier molecular flexibility index (Phi) is 7.05. The highest BCUT2D eigenvalue weighted by atomic mass is 16.5. The van der Waals surface area contributed by atoms with E-state index in [0.717, 1.165) is 5.56 Å². The number of ether oxygens (including phenoxy) is 1. The highest BCUT2D eigenvalue weighted by molar-refractivity contribution is 5.78. The Hall–Kier alpha value is -2.06. The van der Waals surface area contributed by atoms with Gasteiger partial charge < -0.3 is 15.2 Å². The Morgan fingerprint density at radius 3 is 2.48 bits per heavy atom. The third-order valence-corrected chi connectivity index (χ3v) is 3.76. The first-order chi connectivity index (χ1) is 10.8. The lowest BCUT2D eigenvalue weighted by Gasteiger charge is -2.33. The van der Waals surface area contributed by atoms with Gasteiger partial charge in [-0.3, -0.25) is 4.79 Å². The SMILES string of the molecule is CC(C)C(O)C(C)(C)CNC(=O)Cc1ccc(OCC#N)cc1. The van der Waals surface area contributed by atoms with Gasteiger partial charge in [-0.25, -0.2) is 0 Å². The molecule has 0 aliphatic rings. The zero-order valence-corrected chi connectivity index (χ0v) is 14.3. The van der Waals surface area contributed by atoms with E-state index in [-0.39, 0.29) is 30.3 Å². The van der Waals surface area contributed by atoms with Crippen molar-refractivity contribution in [2.24, 2.45) is 11.3 Å². The van der Waals surface area contributed by atoms with Crippen molar-refractivity contribution in [3.63, 3.8) is 0 Å². The summed E-state index contributed by atoms with van der Waals surface area (Å²) in [5.41, 5.74) is 0.493. The van der Waals surface area contributed by atoms with Crippen molar-refractivity contribution < 1.29 is 14.6 Å². The summed E-state index contributed by atoms with van der Waals surface area (Å²) in [6, 6.07) is 9.00. The number of hydrogen-bond acceptors (Lipinski definition) is 4. The summed E-state index contributed by atoms with van der Waals surface area (Å²) in [5, 5.41) is 21.5. The van der Waals surface area contributed by atoms with Crippen LogP contribution in [0.2, 0.25) is 0 Å². The fraction of sp³-hybridized carbons (Fsp3) is 0.556. The fourth-order valence-corrected chi connectivity index (χ4v) is 2.40. The molecule has 23 heavy (non-hydrogen) atoms. The van der Waals surface area contributed by atoms with Gasteiger partial charge in [0.25, 0.3) is 0 Å². The van der Waals surface area contributed by atoms with Crippen molar-refractivity contribution in [2.45, 2.75) is 40.2 Å². The summed E-state index contributed by atoms with van der Waals surface area (Å²) in [5.74, 6) is 0.666. The van der Waals surface area contributed by atoms with Crippen LogP contribution in [0.3, 0.4) is 0 Å². The number of hydrogen-bond donors (Lipinski definition) is 2. The number of carbonyl (C=O) groups excluding carboxylic acids is 1. The minimum atomic E-state index is -0.473. The second kappa shape index (κ2) is 8.54. The Balaban J connectivity index is 2.49.